The first kappa shape index (κ1) is 25.9. The summed E-state index contributed by atoms with van der Waals surface area (Å²) in [7, 11) is 0. The highest BCUT2D eigenvalue weighted by atomic mass is 16.6. The number of alkyl carbamates (subject to hydrolysis) is 1. The Kier molecular flexibility index (Phi) is 9.94. The molecule has 4 N–H and O–H groups in total. The van der Waals surface area contributed by atoms with Crippen LogP contribution in [0, 0.1) is 0 Å². The van der Waals surface area contributed by atoms with E-state index < -0.39 is 47.6 Å². The average Bonchev–Trinajstić information content (AvgIpc) is 2.66. The fraction of sp³-hybridized carbons (Fsp3) is 0.524. The topological polar surface area (TPSA) is 143 Å². The molecule has 10 nitrogen and oxygen atoms in total. The molecule has 3 atom stereocenters. The Morgan fingerprint density at radius 3 is 2.06 bits per heavy atom. The zero-order chi connectivity index (χ0) is 23.6. The van der Waals surface area contributed by atoms with E-state index in [-0.39, 0.29) is 13.2 Å². The number of hydrogen-bond acceptors (Lipinski definition) is 6. The van der Waals surface area contributed by atoms with E-state index in [1.54, 1.807) is 20.8 Å². The summed E-state index contributed by atoms with van der Waals surface area (Å²) in [5, 5.41) is 16.0. The SMILES string of the molecule is C[C@H](NC(=O)[C@H](C)NC(=O)[C@H](COCc1ccccc1)NC(=O)OC(C)(C)C)C(=O)O. The molecule has 0 heterocycles. The molecule has 1 aromatic carbocycles. The van der Waals surface area contributed by atoms with E-state index in [0.29, 0.717) is 0 Å². The van der Waals surface area contributed by atoms with Gasteiger partial charge in [0.05, 0.1) is 13.2 Å². The monoisotopic (exact) mass is 437 g/mol. The summed E-state index contributed by atoms with van der Waals surface area (Å²) in [6.07, 6.45) is -0.812. The van der Waals surface area contributed by atoms with Crippen molar-refractivity contribution >= 4 is 23.9 Å². The third kappa shape index (κ3) is 10.4. The molecule has 1 aromatic rings. The number of carbonyl (C=O) groups is 4. The van der Waals surface area contributed by atoms with Crippen molar-refractivity contribution in [3.63, 3.8) is 0 Å². The van der Waals surface area contributed by atoms with E-state index in [4.69, 9.17) is 14.6 Å². The first-order valence-corrected chi connectivity index (χ1v) is 9.83. The van der Waals surface area contributed by atoms with Crippen LogP contribution in [-0.2, 0) is 30.5 Å². The largest absolute Gasteiger partial charge is 0.480 e. The number of carboxylic acid groups (broad SMARTS) is 1. The first-order valence-electron chi connectivity index (χ1n) is 9.83. The van der Waals surface area contributed by atoms with Crippen LogP contribution >= 0.6 is 0 Å². The summed E-state index contributed by atoms with van der Waals surface area (Å²) in [6, 6.07) is 5.98. The lowest BCUT2D eigenvalue weighted by atomic mass is 10.2. The van der Waals surface area contributed by atoms with Gasteiger partial charge in [-0.05, 0) is 40.2 Å². The van der Waals surface area contributed by atoms with Crippen molar-refractivity contribution in [2.24, 2.45) is 0 Å². The molecule has 172 valence electrons. The van der Waals surface area contributed by atoms with E-state index in [1.165, 1.54) is 13.8 Å². The van der Waals surface area contributed by atoms with Crippen LogP contribution in [0.4, 0.5) is 4.79 Å². The Balaban J connectivity index is 2.75. The Bertz CT molecular complexity index is 762. The number of benzene rings is 1. The molecule has 10 heteroatoms. The molecular weight excluding hydrogens is 406 g/mol. The molecule has 0 saturated heterocycles. The summed E-state index contributed by atoms with van der Waals surface area (Å²) in [5.41, 5.74) is 0.116. The van der Waals surface area contributed by atoms with Crippen LogP contribution < -0.4 is 16.0 Å². The van der Waals surface area contributed by atoms with E-state index in [2.05, 4.69) is 16.0 Å². The van der Waals surface area contributed by atoms with Crippen molar-refractivity contribution in [3.8, 4) is 0 Å². The molecule has 0 aliphatic heterocycles. The Morgan fingerprint density at radius 1 is 0.935 bits per heavy atom. The lowest BCUT2D eigenvalue weighted by Gasteiger charge is -2.24. The standard InChI is InChI=1S/C21H31N3O7/c1-13(17(25)23-14(2)19(27)28)22-18(26)16(24-20(29)31-21(3,4)5)12-30-11-15-9-7-6-8-10-15/h6-10,13-14,16H,11-12H2,1-5H3,(H,22,26)(H,23,25)(H,24,29)(H,27,28)/t13-,14-,16-/m0/s1. The van der Waals surface area contributed by atoms with Crippen molar-refractivity contribution in [2.45, 2.75) is 65.0 Å². The van der Waals surface area contributed by atoms with Gasteiger partial charge in [0.25, 0.3) is 0 Å². The maximum atomic E-state index is 12.7. The maximum Gasteiger partial charge on any atom is 0.408 e. The van der Waals surface area contributed by atoms with Crippen LogP contribution in [0.5, 0.6) is 0 Å². The highest BCUT2D eigenvalue weighted by molar-refractivity contribution is 5.92. The Labute approximate surface area is 181 Å². The molecule has 31 heavy (non-hydrogen) atoms. The number of carbonyl (C=O) groups excluding carboxylic acids is 3. The number of rotatable bonds is 10. The van der Waals surface area contributed by atoms with E-state index in [9.17, 15) is 19.2 Å². The predicted octanol–water partition coefficient (Wildman–Crippen LogP) is 1.19. The van der Waals surface area contributed by atoms with Crippen LogP contribution in [0.15, 0.2) is 30.3 Å². The van der Waals surface area contributed by atoms with Gasteiger partial charge in [0.15, 0.2) is 0 Å². The molecule has 0 aliphatic carbocycles. The second kappa shape index (κ2) is 11.9. The number of nitrogens with one attached hydrogen (secondary N) is 3. The fourth-order valence-corrected chi connectivity index (χ4v) is 2.28. The zero-order valence-corrected chi connectivity index (χ0v) is 18.4. The summed E-state index contributed by atoms with van der Waals surface area (Å²) < 4.78 is 10.7. The molecule has 0 aliphatic rings. The van der Waals surface area contributed by atoms with Crippen LogP contribution in [0.3, 0.4) is 0 Å². The molecule has 0 radical (unpaired) electrons. The maximum absolute atomic E-state index is 12.7. The predicted molar refractivity (Wildman–Crippen MR) is 112 cm³/mol. The third-order valence-corrected chi connectivity index (χ3v) is 3.88. The summed E-state index contributed by atoms with van der Waals surface area (Å²) >= 11 is 0. The van der Waals surface area contributed by atoms with Gasteiger partial charge in [0.1, 0.15) is 23.7 Å². The molecular formula is C21H31N3O7. The molecule has 3 amide bonds. The second-order valence-corrected chi connectivity index (χ2v) is 8.00. The number of aliphatic carboxylic acids is 1. The van der Waals surface area contributed by atoms with Gasteiger partial charge in [0, 0.05) is 0 Å². The van der Waals surface area contributed by atoms with Gasteiger partial charge in [0.2, 0.25) is 11.8 Å². The van der Waals surface area contributed by atoms with E-state index in [1.807, 2.05) is 30.3 Å². The molecule has 0 bridgehead atoms. The van der Waals surface area contributed by atoms with Crippen LogP contribution in [-0.4, -0.2) is 59.3 Å². The van der Waals surface area contributed by atoms with Gasteiger partial charge in [-0.2, -0.15) is 0 Å². The highest BCUT2D eigenvalue weighted by Gasteiger charge is 2.28. The zero-order valence-electron chi connectivity index (χ0n) is 18.4. The highest BCUT2D eigenvalue weighted by Crippen LogP contribution is 2.07. The van der Waals surface area contributed by atoms with Crippen molar-refractivity contribution in [3.05, 3.63) is 35.9 Å². The lowest BCUT2D eigenvalue weighted by Crippen LogP contribution is -2.56. The summed E-state index contributed by atoms with van der Waals surface area (Å²) in [4.78, 5) is 47.8. The van der Waals surface area contributed by atoms with Crippen LogP contribution in [0.25, 0.3) is 0 Å². The van der Waals surface area contributed by atoms with Gasteiger partial charge < -0.3 is 30.5 Å². The summed E-state index contributed by atoms with van der Waals surface area (Å²) in [5.74, 6) is -2.56. The van der Waals surface area contributed by atoms with Gasteiger partial charge in [-0.15, -0.1) is 0 Å². The number of ether oxygens (including phenoxy) is 2. The average molecular weight is 437 g/mol. The van der Waals surface area contributed by atoms with Gasteiger partial charge in [-0.1, -0.05) is 30.3 Å². The quantitative estimate of drug-likeness (QED) is 0.430. The first-order chi connectivity index (χ1) is 14.4. The lowest BCUT2D eigenvalue weighted by molar-refractivity contribution is -0.141. The molecule has 0 saturated carbocycles. The van der Waals surface area contributed by atoms with Gasteiger partial charge >= 0.3 is 12.1 Å². The minimum absolute atomic E-state index is 0.167. The summed E-state index contributed by atoms with van der Waals surface area (Å²) in [6.45, 7) is 7.81. The molecule has 0 aromatic heterocycles. The van der Waals surface area contributed by atoms with Gasteiger partial charge in [-0.25, -0.2) is 4.79 Å². The fourth-order valence-electron chi connectivity index (χ4n) is 2.28. The van der Waals surface area contributed by atoms with Crippen molar-refractivity contribution in [1.29, 1.82) is 0 Å². The normalized spacial score (nSPS) is 14.0. The van der Waals surface area contributed by atoms with Crippen LogP contribution in [0.1, 0.15) is 40.2 Å². The van der Waals surface area contributed by atoms with E-state index >= 15 is 0 Å². The third-order valence-electron chi connectivity index (χ3n) is 3.88. The molecule has 0 spiro atoms. The molecule has 0 unspecified atom stereocenters. The minimum Gasteiger partial charge on any atom is -0.480 e. The van der Waals surface area contributed by atoms with Gasteiger partial charge in [-0.3, -0.25) is 14.4 Å². The Morgan fingerprint density at radius 2 is 1.52 bits per heavy atom. The van der Waals surface area contributed by atoms with Crippen molar-refractivity contribution in [1.82, 2.24) is 16.0 Å². The van der Waals surface area contributed by atoms with E-state index in [0.717, 1.165) is 5.56 Å². The Hall–Kier alpha value is -3.14. The molecule has 1 rings (SSSR count). The number of hydrogen-bond donors (Lipinski definition) is 4. The van der Waals surface area contributed by atoms with Crippen LogP contribution in [0.2, 0.25) is 0 Å². The minimum atomic E-state index is -1.20. The second-order valence-electron chi connectivity index (χ2n) is 8.00. The van der Waals surface area contributed by atoms with Crippen molar-refractivity contribution in [2.75, 3.05) is 6.61 Å². The molecule has 0 fully saturated rings. The number of carboxylic acids is 1. The number of amides is 3. The smallest absolute Gasteiger partial charge is 0.408 e. The van der Waals surface area contributed by atoms with Crippen molar-refractivity contribution < 1.29 is 33.8 Å².